The summed E-state index contributed by atoms with van der Waals surface area (Å²) in [5.41, 5.74) is 1.75. The summed E-state index contributed by atoms with van der Waals surface area (Å²) in [6.45, 7) is 10.5. The number of phenolic OH excluding ortho intramolecular Hbond substituents is 1. The normalized spacial score (nSPS) is 13.1. The van der Waals surface area contributed by atoms with Crippen LogP contribution in [-0.2, 0) is 0 Å². The van der Waals surface area contributed by atoms with Crippen LogP contribution in [0.4, 0.5) is 0 Å². The summed E-state index contributed by atoms with van der Waals surface area (Å²) in [6.07, 6.45) is 8.26. The summed E-state index contributed by atoms with van der Waals surface area (Å²) >= 11 is 0. The van der Waals surface area contributed by atoms with Gasteiger partial charge in [0, 0.05) is 5.56 Å². The van der Waals surface area contributed by atoms with E-state index < -0.39 is 0 Å². The molecule has 0 radical (unpaired) electrons. The van der Waals surface area contributed by atoms with E-state index in [0.29, 0.717) is 6.61 Å². The molecule has 0 heterocycles. The zero-order chi connectivity index (χ0) is 21.8. The molecule has 2 aromatic rings. The molecule has 0 spiro atoms. The maximum absolute atomic E-state index is 10.3. The molecule has 2 aromatic carbocycles. The third kappa shape index (κ3) is 8.30. The maximum atomic E-state index is 10.3. The van der Waals surface area contributed by atoms with Crippen molar-refractivity contribution in [3.05, 3.63) is 42.5 Å². The molecule has 0 aliphatic rings. The van der Waals surface area contributed by atoms with Crippen LogP contribution in [0.5, 0.6) is 17.2 Å². The molecule has 2 rings (SSSR count). The van der Waals surface area contributed by atoms with Crippen LogP contribution < -0.4 is 9.47 Å². The van der Waals surface area contributed by atoms with E-state index in [-0.39, 0.29) is 5.75 Å². The molecule has 0 bridgehead atoms. The Morgan fingerprint density at radius 2 is 1.30 bits per heavy atom. The lowest BCUT2D eigenvalue weighted by Gasteiger charge is -2.12. The minimum Gasteiger partial charge on any atom is -0.507 e. The number of rotatable bonds is 14. The smallest absolute Gasteiger partial charge is 0.123 e. The lowest BCUT2D eigenvalue weighted by atomic mass is 10.0. The Labute approximate surface area is 183 Å². The Kier molecular flexibility index (Phi) is 10.6. The molecule has 0 amide bonds. The second-order valence-corrected chi connectivity index (χ2v) is 8.57. The van der Waals surface area contributed by atoms with Crippen LogP contribution in [0.3, 0.4) is 0 Å². The minimum atomic E-state index is 0.265. The first kappa shape index (κ1) is 24.1. The summed E-state index contributed by atoms with van der Waals surface area (Å²) in [6, 6.07) is 13.4. The van der Waals surface area contributed by atoms with Gasteiger partial charge < -0.3 is 14.6 Å². The summed E-state index contributed by atoms with van der Waals surface area (Å²) in [5.74, 6) is 3.48. The molecule has 2 unspecified atom stereocenters. The summed E-state index contributed by atoms with van der Waals surface area (Å²) in [7, 11) is 0. The van der Waals surface area contributed by atoms with Crippen LogP contribution >= 0.6 is 0 Å². The number of hydrogen-bond donors (Lipinski definition) is 1. The molecule has 3 heteroatoms. The largest absolute Gasteiger partial charge is 0.507 e. The number of benzene rings is 2. The predicted octanol–water partition coefficient (Wildman–Crippen LogP) is 7.86. The molecule has 0 aliphatic heterocycles. The van der Waals surface area contributed by atoms with Crippen molar-refractivity contribution in [3.8, 4) is 28.4 Å². The Morgan fingerprint density at radius 1 is 0.733 bits per heavy atom. The SMILES string of the molecule is CCC(C)CCCCOc1ccc(-c2cc(OCCCC(C)CC)ccc2O)cc1. The third-order valence-electron chi connectivity index (χ3n) is 6.00. The quantitative estimate of drug-likeness (QED) is 0.321. The van der Waals surface area contributed by atoms with E-state index in [1.54, 1.807) is 6.07 Å². The molecule has 166 valence electrons. The van der Waals surface area contributed by atoms with Gasteiger partial charge in [-0.05, 0) is 73.4 Å². The first-order valence-electron chi connectivity index (χ1n) is 11.7. The van der Waals surface area contributed by atoms with E-state index in [1.165, 1.54) is 32.1 Å². The van der Waals surface area contributed by atoms with Gasteiger partial charge in [0.15, 0.2) is 0 Å². The molecule has 3 nitrogen and oxygen atoms in total. The van der Waals surface area contributed by atoms with Gasteiger partial charge in [0.1, 0.15) is 17.2 Å². The first-order chi connectivity index (χ1) is 14.5. The van der Waals surface area contributed by atoms with Crippen molar-refractivity contribution in [2.24, 2.45) is 11.8 Å². The Balaban J connectivity index is 1.86. The number of aromatic hydroxyl groups is 1. The highest BCUT2D eigenvalue weighted by Crippen LogP contribution is 2.33. The first-order valence-corrected chi connectivity index (χ1v) is 11.7. The number of unbranched alkanes of at least 4 members (excludes halogenated alkanes) is 1. The second kappa shape index (κ2) is 13.2. The van der Waals surface area contributed by atoms with Gasteiger partial charge >= 0.3 is 0 Å². The molecule has 0 aromatic heterocycles. The standard InChI is InChI=1S/C27H40O3/c1-5-21(3)10-7-8-18-29-24-14-12-23(13-15-24)26-20-25(16-17-27(26)28)30-19-9-11-22(4)6-2/h12-17,20-22,28H,5-11,18-19H2,1-4H3. The average molecular weight is 413 g/mol. The molecule has 2 atom stereocenters. The topological polar surface area (TPSA) is 38.7 Å². The van der Waals surface area contributed by atoms with Gasteiger partial charge in [0.25, 0.3) is 0 Å². The number of phenols is 1. The number of hydrogen-bond acceptors (Lipinski definition) is 3. The van der Waals surface area contributed by atoms with Gasteiger partial charge in [-0.1, -0.05) is 59.1 Å². The van der Waals surface area contributed by atoms with Crippen molar-refractivity contribution in [1.29, 1.82) is 0 Å². The highest BCUT2D eigenvalue weighted by molar-refractivity contribution is 5.72. The molecule has 0 saturated heterocycles. The van der Waals surface area contributed by atoms with Gasteiger partial charge in [0.05, 0.1) is 13.2 Å². The van der Waals surface area contributed by atoms with Crippen molar-refractivity contribution in [2.75, 3.05) is 13.2 Å². The van der Waals surface area contributed by atoms with E-state index in [9.17, 15) is 5.11 Å². The highest BCUT2D eigenvalue weighted by Gasteiger charge is 2.08. The number of ether oxygens (including phenoxy) is 2. The van der Waals surface area contributed by atoms with Crippen LogP contribution in [0.15, 0.2) is 42.5 Å². The third-order valence-corrected chi connectivity index (χ3v) is 6.00. The van der Waals surface area contributed by atoms with Crippen LogP contribution in [0, 0.1) is 11.8 Å². The lowest BCUT2D eigenvalue weighted by molar-refractivity contribution is 0.293. The zero-order valence-corrected chi connectivity index (χ0v) is 19.3. The average Bonchev–Trinajstić information content (AvgIpc) is 2.77. The van der Waals surface area contributed by atoms with Gasteiger partial charge in [-0.25, -0.2) is 0 Å². The Bertz CT molecular complexity index is 723. The summed E-state index contributed by atoms with van der Waals surface area (Å²) < 4.78 is 11.8. The molecular formula is C27H40O3. The Hall–Kier alpha value is -2.16. The maximum Gasteiger partial charge on any atom is 0.123 e. The fourth-order valence-corrected chi connectivity index (χ4v) is 3.38. The van der Waals surface area contributed by atoms with E-state index in [4.69, 9.17) is 9.47 Å². The van der Waals surface area contributed by atoms with Crippen LogP contribution in [-0.4, -0.2) is 18.3 Å². The summed E-state index contributed by atoms with van der Waals surface area (Å²) in [5, 5.41) is 10.3. The van der Waals surface area contributed by atoms with Crippen LogP contribution in [0.1, 0.15) is 72.6 Å². The van der Waals surface area contributed by atoms with E-state index in [2.05, 4.69) is 27.7 Å². The molecule has 30 heavy (non-hydrogen) atoms. The molecule has 0 fully saturated rings. The van der Waals surface area contributed by atoms with Crippen molar-refractivity contribution < 1.29 is 14.6 Å². The molecular weight excluding hydrogens is 372 g/mol. The van der Waals surface area contributed by atoms with Gasteiger partial charge in [-0.15, -0.1) is 0 Å². The molecule has 0 saturated carbocycles. The highest BCUT2D eigenvalue weighted by atomic mass is 16.5. The van der Waals surface area contributed by atoms with Crippen LogP contribution in [0.2, 0.25) is 0 Å². The van der Waals surface area contributed by atoms with Gasteiger partial charge in [0.2, 0.25) is 0 Å². The van der Waals surface area contributed by atoms with Crippen LogP contribution in [0.25, 0.3) is 11.1 Å². The van der Waals surface area contributed by atoms with Gasteiger partial charge in [-0.3, -0.25) is 0 Å². The van der Waals surface area contributed by atoms with Crippen molar-refractivity contribution in [3.63, 3.8) is 0 Å². The predicted molar refractivity (Wildman–Crippen MR) is 127 cm³/mol. The monoisotopic (exact) mass is 412 g/mol. The minimum absolute atomic E-state index is 0.265. The Morgan fingerprint density at radius 3 is 1.97 bits per heavy atom. The van der Waals surface area contributed by atoms with E-state index >= 15 is 0 Å². The zero-order valence-electron chi connectivity index (χ0n) is 19.3. The van der Waals surface area contributed by atoms with Crippen molar-refractivity contribution in [1.82, 2.24) is 0 Å². The molecule has 0 aliphatic carbocycles. The molecule has 1 N–H and O–H groups in total. The fraction of sp³-hybridized carbons (Fsp3) is 0.556. The second-order valence-electron chi connectivity index (χ2n) is 8.57. The fourth-order valence-electron chi connectivity index (χ4n) is 3.38. The van der Waals surface area contributed by atoms with E-state index in [0.717, 1.165) is 53.9 Å². The van der Waals surface area contributed by atoms with Gasteiger partial charge in [-0.2, -0.15) is 0 Å². The summed E-state index contributed by atoms with van der Waals surface area (Å²) in [4.78, 5) is 0. The van der Waals surface area contributed by atoms with Crippen molar-refractivity contribution >= 4 is 0 Å². The van der Waals surface area contributed by atoms with E-state index in [1.807, 2.05) is 36.4 Å². The van der Waals surface area contributed by atoms with Crippen molar-refractivity contribution in [2.45, 2.75) is 72.6 Å². The lowest BCUT2D eigenvalue weighted by Crippen LogP contribution is -2.01.